The second kappa shape index (κ2) is 7.10. The summed E-state index contributed by atoms with van der Waals surface area (Å²) in [7, 11) is 0. The molecule has 0 fully saturated rings. The summed E-state index contributed by atoms with van der Waals surface area (Å²) in [5.41, 5.74) is 2.24. The number of rotatable bonds is 4. The minimum absolute atomic E-state index is 0.243. The Morgan fingerprint density at radius 2 is 1.27 bits per heavy atom. The molecule has 0 aliphatic carbocycles. The molecule has 0 bridgehead atoms. The molecule has 0 saturated carbocycles. The summed E-state index contributed by atoms with van der Waals surface area (Å²) in [6, 6.07) is 24.2. The van der Waals surface area contributed by atoms with Crippen molar-refractivity contribution in [1.29, 1.82) is 0 Å². The van der Waals surface area contributed by atoms with Crippen LogP contribution in [-0.4, -0.2) is 14.8 Å². The molecule has 0 spiro atoms. The Kier molecular flexibility index (Phi) is 4.50. The van der Waals surface area contributed by atoms with Crippen molar-refractivity contribution in [2.45, 2.75) is 6.54 Å². The van der Waals surface area contributed by atoms with Gasteiger partial charge in [0.25, 0.3) is 0 Å². The van der Waals surface area contributed by atoms with E-state index in [0.29, 0.717) is 22.2 Å². The van der Waals surface area contributed by atoms with E-state index < -0.39 is 0 Å². The Bertz CT molecular complexity index is 953. The van der Waals surface area contributed by atoms with Gasteiger partial charge in [-0.25, -0.2) is 4.39 Å². The van der Waals surface area contributed by atoms with E-state index in [1.54, 1.807) is 12.1 Å². The molecule has 0 saturated heterocycles. The largest absolute Gasteiger partial charge is 0.302 e. The van der Waals surface area contributed by atoms with E-state index >= 15 is 0 Å². The highest BCUT2D eigenvalue weighted by Crippen LogP contribution is 2.28. The average Bonchev–Trinajstić information content (AvgIpc) is 3.10. The first-order valence-corrected chi connectivity index (χ1v) is 8.59. The lowest BCUT2D eigenvalue weighted by Crippen LogP contribution is -2.07. The molecule has 0 aliphatic heterocycles. The molecule has 4 aromatic rings. The lowest BCUT2D eigenvalue weighted by atomic mass is 10.1. The standard InChI is InChI=1S/C21H15ClFN3/c22-18-12-7-13-19(23)17(18)14-26-20(15-8-3-1-4-9-15)24-25-21(26)16-10-5-2-6-11-16/h1-13H,14H2. The Hall–Kier alpha value is -2.98. The van der Waals surface area contributed by atoms with Gasteiger partial charge in [-0.15, -0.1) is 10.2 Å². The normalized spacial score (nSPS) is 10.8. The monoisotopic (exact) mass is 363 g/mol. The zero-order valence-electron chi connectivity index (χ0n) is 13.8. The maximum atomic E-state index is 14.4. The molecule has 0 aliphatic rings. The molecular formula is C21H15ClFN3. The number of hydrogen-bond acceptors (Lipinski definition) is 2. The van der Waals surface area contributed by atoms with Gasteiger partial charge in [-0.05, 0) is 12.1 Å². The molecule has 0 N–H and O–H groups in total. The zero-order chi connectivity index (χ0) is 17.9. The van der Waals surface area contributed by atoms with Gasteiger partial charge in [-0.2, -0.15) is 0 Å². The summed E-state index contributed by atoms with van der Waals surface area (Å²) in [5.74, 6) is 0.997. The summed E-state index contributed by atoms with van der Waals surface area (Å²) in [4.78, 5) is 0. The van der Waals surface area contributed by atoms with Gasteiger partial charge in [0.15, 0.2) is 11.6 Å². The Labute approximate surface area is 155 Å². The molecule has 1 heterocycles. The first-order chi connectivity index (χ1) is 12.7. The van der Waals surface area contributed by atoms with Crippen molar-refractivity contribution < 1.29 is 4.39 Å². The zero-order valence-corrected chi connectivity index (χ0v) is 14.6. The second-order valence-electron chi connectivity index (χ2n) is 5.87. The average molecular weight is 364 g/mol. The minimum atomic E-state index is -0.343. The lowest BCUT2D eigenvalue weighted by Gasteiger charge is -2.13. The van der Waals surface area contributed by atoms with Gasteiger partial charge in [0.05, 0.1) is 6.54 Å². The summed E-state index contributed by atoms with van der Waals surface area (Å²) in [6.07, 6.45) is 0. The van der Waals surface area contributed by atoms with Crippen LogP contribution in [0.4, 0.5) is 4.39 Å². The van der Waals surface area contributed by atoms with Crippen molar-refractivity contribution in [1.82, 2.24) is 14.8 Å². The van der Waals surface area contributed by atoms with Crippen molar-refractivity contribution in [3.63, 3.8) is 0 Å². The highest BCUT2D eigenvalue weighted by atomic mass is 35.5. The van der Waals surface area contributed by atoms with E-state index in [4.69, 9.17) is 11.6 Å². The third-order valence-corrected chi connectivity index (χ3v) is 4.55. The van der Waals surface area contributed by atoms with E-state index in [0.717, 1.165) is 11.1 Å². The van der Waals surface area contributed by atoms with Crippen molar-refractivity contribution in [2.75, 3.05) is 0 Å². The van der Waals surface area contributed by atoms with Crippen LogP contribution in [-0.2, 0) is 6.54 Å². The first kappa shape index (κ1) is 16.5. The first-order valence-electron chi connectivity index (χ1n) is 8.21. The smallest absolute Gasteiger partial charge is 0.164 e. The fourth-order valence-electron chi connectivity index (χ4n) is 2.90. The molecule has 0 amide bonds. The highest BCUT2D eigenvalue weighted by molar-refractivity contribution is 6.31. The van der Waals surface area contributed by atoms with Crippen molar-refractivity contribution >= 4 is 11.6 Å². The van der Waals surface area contributed by atoms with Gasteiger partial charge in [-0.1, -0.05) is 78.3 Å². The minimum Gasteiger partial charge on any atom is -0.302 e. The quantitative estimate of drug-likeness (QED) is 0.482. The van der Waals surface area contributed by atoms with Crippen LogP contribution in [0.5, 0.6) is 0 Å². The topological polar surface area (TPSA) is 30.7 Å². The van der Waals surface area contributed by atoms with E-state index in [-0.39, 0.29) is 12.4 Å². The Morgan fingerprint density at radius 3 is 1.77 bits per heavy atom. The van der Waals surface area contributed by atoms with Crippen LogP contribution >= 0.6 is 11.6 Å². The van der Waals surface area contributed by atoms with Gasteiger partial charge in [0, 0.05) is 21.7 Å². The van der Waals surface area contributed by atoms with Crippen molar-refractivity contribution in [2.24, 2.45) is 0 Å². The van der Waals surface area contributed by atoms with Crippen LogP contribution in [0, 0.1) is 5.82 Å². The van der Waals surface area contributed by atoms with Gasteiger partial charge in [0.2, 0.25) is 0 Å². The summed E-state index contributed by atoms with van der Waals surface area (Å²) in [6.45, 7) is 0.243. The van der Waals surface area contributed by atoms with Gasteiger partial charge >= 0.3 is 0 Å². The maximum Gasteiger partial charge on any atom is 0.164 e. The maximum absolute atomic E-state index is 14.4. The third-order valence-electron chi connectivity index (χ3n) is 4.19. The summed E-state index contributed by atoms with van der Waals surface area (Å²) >= 11 is 6.25. The fraction of sp³-hybridized carbons (Fsp3) is 0.0476. The highest BCUT2D eigenvalue weighted by Gasteiger charge is 2.18. The third kappa shape index (κ3) is 3.11. The van der Waals surface area contributed by atoms with Crippen molar-refractivity contribution in [3.05, 3.63) is 95.3 Å². The van der Waals surface area contributed by atoms with E-state index in [2.05, 4.69) is 10.2 Å². The molecule has 3 aromatic carbocycles. The van der Waals surface area contributed by atoms with Gasteiger partial charge in [-0.3, -0.25) is 0 Å². The predicted octanol–water partition coefficient (Wildman–Crippen LogP) is 5.45. The van der Waals surface area contributed by atoms with Crippen LogP contribution in [0.2, 0.25) is 5.02 Å². The molecule has 1 aromatic heterocycles. The molecule has 5 heteroatoms. The molecule has 3 nitrogen and oxygen atoms in total. The van der Waals surface area contributed by atoms with Crippen molar-refractivity contribution in [3.8, 4) is 22.8 Å². The number of aromatic nitrogens is 3. The molecular weight excluding hydrogens is 349 g/mol. The van der Waals surface area contributed by atoms with Crippen LogP contribution in [0.1, 0.15) is 5.56 Å². The van der Waals surface area contributed by atoms with Crippen LogP contribution in [0.25, 0.3) is 22.8 Å². The number of halogens is 2. The van der Waals surface area contributed by atoms with Gasteiger partial charge < -0.3 is 4.57 Å². The number of nitrogens with zero attached hydrogens (tertiary/aromatic N) is 3. The van der Waals surface area contributed by atoms with E-state index in [1.165, 1.54) is 6.07 Å². The summed E-state index contributed by atoms with van der Waals surface area (Å²) < 4.78 is 16.3. The number of hydrogen-bond donors (Lipinski definition) is 0. The molecule has 0 radical (unpaired) electrons. The second-order valence-corrected chi connectivity index (χ2v) is 6.27. The van der Waals surface area contributed by atoms with Crippen LogP contribution in [0.3, 0.4) is 0 Å². The van der Waals surface area contributed by atoms with Gasteiger partial charge in [0.1, 0.15) is 5.82 Å². The summed E-state index contributed by atoms with van der Waals surface area (Å²) in [5, 5.41) is 9.12. The lowest BCUT2D eigenvalue weighted by molar-refractivity contribution is 0.601. The SMILES string of the molecule is Fc1cccc(Cl)c1Cn1c(-c2ccccc2)nnc1-c1ccccc1. The molecule has 128 valence electrons. The van der Waals surface area contributed by atoms with Crippen LogP contribution < -0.4 is 0 Å². The van der Waals surface area contributed by atoms with E-state index in [9.17, 15) is 4.39 Å². The molecule has 0 unspecified atom stereocenters. The van der Waals surface area contributed by atoms with Crippen LogP contribution in [0.15, 0.2) is 78.9 Å². The Balaban J connectivity index is 1.89. The van der Waals surface area contributed by atoms with E-state index in [1.807, 2.05) is 65.2 Å². The fourth-order valence-corrected chi connectivity index (χ4v) is 3.12. The molecule has 4 rings (SSSR count). The number of benzene rings is 3. The Morgan fingerprint density at radius 1 is 0.731 bits per heavy atom. The molecule has 0 atom stereocenters. The molecule has 26 heavy (non-hydrogen) atoms. The predicted molar refractivity (Wildman–Crippen MR) is 101 cm³/mol.